The summed E-state index contributed by atoms with van der Waals surface area (Å²) in [5.74, 6) is 0. The van der Waals surface area contributed by atoms with Crippen molar-refractivity contribution in [3.63, 3.8) is 0 Å². The van der Waals surface area contributed by atoms with E-state index in [1.807, 2.05) is 0 Å². The van der Waals surface area contributed by atoms with Crippen LogP contribution in [0.4, 0.5) is 5.13 Å². The Kier molecular flexibility index (Phi) is 4.91. The Balaban J connectivity index is 1.96. The van der Waals surface area contributed by atoms with E-state index < -0.39 is 0 Å². The number of anilines is 1. The van der Waals surface area contributed by atoms with Gasteiger partial charge in [-0.2, -0.15) is 0 Å². The lowest BCUT2D eigenvalue weighted by Crippen LogP contribution is -2.47. The predicted octanol–water partition coefficient (Wildman–Crippen LogP) is 1.97. The maximum Gasteiger partial charge on any atom is 0.205 e. The van der Waals surface area contributed by atoms with Gasteiger partial charge in [0.25, 0.3) is 0 Å². The molecule has 2 rings (SSSR count). The zero-order valence-electron chi connectivity index (χ0n) is 11.3. The van der Waals surface area contributed by atoms with Crippen LogP contribution in [0.15, 0.2) is 0 Å². The number of hydrogen-bond acceptors (Lipinski definition) is 6. The van der Waals surface area contributed by atoms with Crippen molar-refractivity contribution in [1.82, 2.24) is 15.1 Å². The molecule has 1 aromatic heterocycles. The molecule has 0 aromatic carbocycles. The van der Waals surface area contributed by atoms with Crippen molar-refractivity contribution in [1.29, 1.82) is 0 Å². The van der Waals surface area contributed by atoms with E-state index in [0.29, 0.717) is 12.1 Å². The quantitative estimate of drug-likeness (QED) is 0.886. The van der Waals surface area contributed by atoms with Crippen LogP contribution in [0.1, 0.15) is 32.2 Å². The van der Waals surface area contributed by atoms with Gasteiger partial charge in [0.1, 0.15) is 5.01 Å². The molecule has 0 radical (unpaired) electrons. The normalized spacial score (nSPS) is 25.3. The molecule has 0 saturated carbocycles. The third-order valence-corrected chi connectivity index (χ3v) is 4.05. The summed E-state index contributed by atoms with van der Waals surface area (Å²) < 4.78 is 5.71. The third-order valence-electron chi connectivity index (χ3n) is 3.19. The summed E-state index contributed by atoms with van der Waals surface area (Å²) in [5.41, 5.74) is 0. The molecule has 2 unspecified atom stereocenters. The topological polar surface area (TPSA) is 50.3 Å². The lowest BCUT2D eigenvalue weighted by Gasteiger charge is -2.37. The van der Waals surface area contributed by atoms with Crippen molar-refractivity contribution >= 4 is 16.5 Å². The van der Waals surface area contributed by atoms with Gasteiger partial charge in [-0.3, -0.25) is 4.90 Å². The van der Waals surface area contributed by atoms with Crippen LogP contribution in [0, 0.1) is 0 Å². The van der Waals surface area contributed by atoms with Gasteiger partial charge in [0.15, 0.2) is 0 Å². The van der Waals surface area contributed by atoms with Crippen LogP contribution in [0.3, 0.4) is 0 Å². The minimum absolute atomic E-state index is 0.314. The molecular weight excluding hydrogens is 248 g/mol. The molecule has 0 amide bonds. The highest BCUT2D eigenvalue weighted by atomic mass is 32.1. The number of morpholine rings is 1. The van der Waals surface area contributed by atoms with Gasteiger partial charge in [-0.1, -0.05) is 18.3 Å². The van der Waals surface area contributed by atoms with Gasteiger partial charge in [-0.25, -0.2) is 0 Å². The van der Waals surface area contributed by atoms with Crippen LogP contribution in [0.5, 0.6) is 0 Å². The zero-order valence-corrected chi connectivity index (χ0v) is 12.2. The van der Waals surface area contributed by atoms with Gasteiger partial charge < -0.3 is 10.1 Å². The molecule has 0 spiro atoms. The second kappa shape index (κ2) is 6.45. The number of nitrogens with zero attached hydrogens (tertiary/aromatic N) is 3. The standard InChI is InChI=1S/C12H22N4OS/c1-4-10-8-17-9(3)6-16(10)7-11-14-15-12(18-11)13-5-2/h9-10H,4-8H2,1-3H3,(H,13,15). The maximum absolute atomic E-state index is 5.71. The van der Waals surface area contributed by atoms with E-state index in [1.165, 1.54) is 0 Å². The Morgan fingerprint density at radius 1 is 1.44 bits per heavy atom. The van der Waals surface area contributed by atoms with E-state index in [9.17, 15) is 0 Å². The molecule has 2 atom stereocenters. The van der Waals surface area contributed by atoms with Crippen molar-refractivity contribution < 1.29 is 4.74 Å². The summed E-state index contributed by atoms with van der Waals surface area (Å²) >= 11 is 1.65. The van der Waals surface area contributed by atoms with Crippen LogP contribution < -0.4 is 5.32 Å². The van der Waals surface area contributed by atoms with E-state index in [0.717, 1.165) is 42.8 Å². The SMILES string of the molecule is CCNc1nnc(CN2CC(C)OCC2CC)s1. The smallest absolute Gasteiger partial charge is 0.205 e. The molecule has 2 heterocycles. The van der Waals surface area contributed by atoms with Crippen molar-refractivity contribution in [2.45, 2.75) is 45.9 Å². The van der Waals surface area contributed by atoms with E-state index in [1.54, 1.807) is 11.3 Å². The molecule has 1 aliphatic rings. The number of aromatic nitrogens is 2. The fraction of sp³-hybridized carbons (Fsp3) is 0.833. The van der Waals surface area contributed by atoms with Crippen molar-refractivity contribution in [3.05, 3.63) is 5.01 Å². The molecule has 5 nitrogen and oxygen atoms in total. The van der Waals surface area contributed by atoms with E-state index in [4.69, 9.17) is 4.74 Å². The van der Waals surface area contributed by atoms with Gasteiger partial charge >= 0.3 is 0 Å². The second-order valence-corrected chi connectivity index (χ2v) is 5.73. The monoisotopic (exact) mass is 270 g/mol. The fourth-order valence-electron chi connectivity index (χ4n) is 2.20. The molecular formula is C12H22N4OS. The van der Waals surface area contributed by atoms with Crippen LogP contribution in [0.25, 0.3) is 0 Å². The van der Waals surface area contributed by atoms with Crippen LogP contribution in [-0.2, 0) is 11.3 Å². The van der Waals surface area contributed by atoms with Gasteiger partial charge in [0.2, 0.25) is 5.13 Å². The molecule has 1 N–H and O–H groups in total. The summed E-state index contributed by atoms with van der Waals surface area (Å²) in [4.78, 5) is 2.46. The number of hydrogen-bond donors (Lipinski definition) is 1. The third kappa shape index (κ3) is 3.40. The largest absolute Gasteiger partial charge is 0.376 e. The molecule has 0 aliphatic carbocycles. The Morgan fingerprint density at radius 3 is 3.00 bits per heavy atom. The van der Waals surface area contributed by atoms with Gasteiger partial charge in [-0.05, 0) is 20.3 Å². The van der Waals surface area contributed by atoms with Gasteiger partial charge in [0.05, 0.1) is 19.3 Å². The Labute approximate surface area is 113 Å². The summed E-state index contributed by atoms with van der Waals surface area (Å²) in [6.07, 6.45) is 1.43. The molecule has 1 aliphatic heterocycles. The molecule has 1 aromatic rings. The fourth-order valence-corrected chi connectivity index (χ4v) is 3.03. The first kappa shape index (κ1) is 13.7. The molecule has 0 bridgehead atoms. The Morgan fingerprint density at radius 2 is 2.28 bits per heavy atom. The van der Waals surface area contributed by atoms with Crippen LogP contribution in [0.2, 0.25) is 0 Å². The van der Waals surface area contributed by atoms with Gasteiger partial charge in [0, 0.05) is 19.1 Å². The predicted molar refractivity (Wildman–Crippen MR) is 74.0 cm³/mol. The minimum Gasteiger partial charge on any atom is -0.376 e. The molecule has 18 heavy (non-hydrogen) atoms. The first-order valence-corrected chi connectivity index (χ1v) is 7.46. The summed E-state index contributed by atoms with van der Waals surface area (Å²) in [5, 5.41) is 13.6. The molecule has 6 heteroatoms. The van der Waals surface area contributed by atoms with Crippen LogP contribution in [-0.4, -0.2) is 46.9 Å². The zero-order chi connectivity index (χ0) is 13.0. The molecule has 1 fully saturated rings. The lowest BCUT2D eigenvalue weighted by molar-refractivity contribution is -0.0592. The highest BCUT2D eigenvalue weighted by Gasteiger charge is 2.26. The highest BCUT2D eigenvalue weighted by Crippen LogP contribution is 2.21. The highest BCUT2D eigenvalue weighted by molar-refractivity contribution is 7.15. The first-order chi connectivity index (χ1) is 8.72. The van der Waals surface area contributed by atoms with Crippen molar-refractivity contribution in [2.75, 3.05) is 25.0 Å². The van der Waals surface area contributed by atoms with Crippen molar-refractivity contribution in [3.8, 4) is 0 Å². The number of nitrogens with one attached hydrogen (secondary N) is 1. The maximum atomic E-state index is 5.71. The second-order valence-electron chi connectivity index (χ2n) is 4.67. The molecule has 1 saturated heterocycles. The van der Waals surface area contributed by atoms with E-state index >= 15 is 0 Å². The van der Waals surface area contributed by atoms with E-state index in [-0.39, 0.29) is 0 Å². The number of rotatable bonds is 5. The Hall–Kier alpha value is -0.720. The van der Waals surface area contributed by atoms with Crippen LogP contribution >= 0.6 is 11.3 Å². The summed E-state index contributed by atoms with van der Waals surface area (Å²) in [7, 11) is 0. The molecule has 102 valence electrons. The van der Waals surface area contributed by atoms with Crippen molar-refractivity contribution in [2.24, 2.45) is 0 Å². The minimum atomic E-state index is 0.314. The summed E-state index contributed by atoms with van der Waals surface area (Å²) in [6.45, 7) is 9.99. The summed E-state index contributed by atoms with van der Waals surface area (Å²) in [6, 6.07) is 0.507. The Bertz CT molecular complexity index is 371. The van der Waals surface area contributed by atoms with E-state index in [2.05, 4.69) is 41.2 Å². The number of ether oxygens (including phenoxy) is 1. The average Bonchev–Trinajstić information content (AvgIpc) is 2.77. The first-order valence-electron chi connectivity index (χ1n) is 6.64. The lowest BCUT2D eigenvalue weighted by atomic mass is 10.1. The average molecular weight is 270 g/mol. The van der Waals surface area contributed by atoms with Gasteiger partial charge in [-0.15, -0.1) is 10.2 Å².